The molecule has 0 aliphatic carbocycles. The van der Waals surface area contributed by atoms with E-state index in [1.807, 2.05) is 18.2 Å². The first-order valence-corrected chi connectivity index (χ1v) is 4.55. The average molecular weight is 207 g/mol. The van der Waals surface area contributed by atoms with Gasteiger partial charge >= 0.3 is 5.97 Å². The number of carbonyl (C=O) groups is 1. The molecule has 0 saturated carbocycles. The van der Waals surface area contributed by atoms with Gasteiger partial charge in [-0.15, -0.1) is 0 Å². The molecule has 0 amide bonds. The molecule has 0 aliphatic heterocycles. The van der Waals surface area contributed by atoms with E-state index in [1.165, 1.54) is 0 Å². The number of benzene rings is 1. The molecule has 0 saturated heterocycles. The van der Waals surface area contributed by atoms with Crippen LogP contribution in [0.1, 0.15) is 6.92 Å². The van der Waals surface area contributed by atoms with Crippen molar-refractivity contribution in [2.24, 2.45) is 10.8 Å². The Morgan fingerprint density at radius 2 is 2.13 bits per heavy atom. The molecule has 0 heterocycles. The van der Waals surface area contributed by atoms with Gasteiger partial charge in [0.05, 0.1) is 12.3 Å². The zero-order chi connectivity index (χ0) is 11.1. The Labute approximate surface area is 87.9 Å². The van der Waals surface area contributed by atoms with E-state index in [0.29, 0.717) is 5.69 Å². The average Bonchev–Trinajstić information content (AvgIpc) is 2.27. The zero-order valence-corrected chi connectivity index (χ0v) is 8.43. The van der Waals surface area contributed by atoms with Gasteiger partial charge in [0, 0.05) is 0 Å². The van der Waals surface area contributed by atoms with E-state index < -0.39 is 5.97 Å². The molecule has 0 atom stereocenters. The van der Waals surface area contributed by atoms with Crippen molar-refractivity contribution in [3.8, 4) is 0 Å². The lowest BCUT2D eigenvalue weighted by Crippen LogP contribution is -2.37. The van der Waals surface area contributed by atoms with Crippen LogP contribution >= 0.6 is 0 Å². The van der Waals surface area contributed by atoms with Crippen molar-refractivity contribution < 1.29 is 9.53 Å². The zero-order valence-electron chi connectivity index (χ0n) is 8.43. The van der Waals surface area contributed by atoms with Crippen LogP contribution in [0, 0.1) is 0 Å². The molecule has 0 radical (unpaired) electrons. The fourth-order valence-electron chi connectivity index (χ4n) is 0.968. The van der Waals surface area contributed by atoms with Crippen LogP contribution in [-0.2, 0) is 9.53 Å². The van der Waals surface area contributed by atoms with Gasteiger partial charge in [0.25, 0.3) is 0 Å². The Hall–Kier alpha value is -1.88. The third-order valence-electron chi connectivity index (χ3n) is 1.60. The predicted octanol–water partition coefficient (Wildman–Crippen LogP) is 0.743. The normalized spacial score (nSPS) is 10.9. The summed E-state index contributed by atoms with van der Waals surface area (Å²) in [5.41, 5.74) is 2.85. The van der Waals surface area contributed by atoms with Crippen LogP contribution < -0.4 is 11.3 Å². The third kappa shape index (κ3) is 3.40. The molecule has 0 aliphatic rings. The van der Waals surface area contributed by atoms with Gasteiger partial charge in [0.1, 0.15) is 0 Å². The smallest absolute Gasteiger partial charge is 0.375 e. The van der Waals surface area contributed by atoms with E-state index in [-0.39, 0.29) is 12.4 Å². The second kappa shape index (κ2) is 5.77. The van der Waals surface area contributed by atoms with Gasteiger partial charge in [0.15, 0.2) is 0 Å². The minimum absolute atomic E-state index is 0.0111. The molecule has 1 rings (SSSR count). The van der Waals surface area contributed by atoms with E-state index in [4.69, 9.17) is 10.6 Å². The summed E-state index contributed by atoms with van der Waals surface area (Å²) in [5.74, 6) is 4.59. The number of carbonyl (C=O) groups excluding carboxylic acids is 1. The lowest BCUT2D eigenvalue weighted by Gasteiger charge is -2.04. The molecular formula is C10H13N3O2. The van der Waals surface area contributed by atoms with Crippen molar-refractivity contribution in [1.82, 2.24) is 5.43 Å². The van der Waals surface area contributed by atoms with Crippen molar-refractivity contribution >= 4 is 17.5 Å². The van der Waals surface area contributed by atoms with Crippen LogP contribution in [0.25, 0.3) is 0 Å². The number of esters is 1. The fraction of sp³-hybridized carbons (Fsp3) is 0.200. The highest BCUT2D eigenvalue weighted by Crippen LogP contribution is 2.09. The van der Waals surface area contributed by atoms with E-state index in [2.05, 4.69) is 10.4 Å². The van der Waals surface area contributed by atoms with Crippen molar-refractivity contribution in [2.45, 2.75) is 6.92 Å². The molecule has 15 heavy (non-hydrogen) atoms. The first-order valence-electron chi connectivity index (χ1n) is 4.55. The molecule has 0 unspecified atom stereocenters. The molecule has 80 valence electrons. The fourth-order valence-corrected chi connectivity index (χ4v) is 0.968. The van der Waals surface area contributed by atoms with E-state index in [9.17, 15) is 4.79 Å². The Morgan fingerprint density at radius 1 is 1.47 bits per heavy atom. The van der Waals surface area contributed by atoms with Crippen LogP contribution in [-0.4, -0.2) is 18.4 Å². The minimum atomic E-state index is -0.566. The summed E-state index contributed by atoms with van der Waals surface area (Å²) < 4.78 is 4.75. The van der Waals surface area contributed by atoms with Crippen molar-refractivity contribution in [2.75, 3.05) is 6.61 Å². The molecule has 1 aromatic rings. The highest BCUT2D eigenvalue weighted by Gasteiger charge is 2.10. The van der Waals surface area contributed by atoms with Gasteiger partial charge in [-0.05, 0) is 19.1 Å². The number of hydrogen-bond acceptors (Lipinski definition) is 4. The first-order chi connectivity index (χ1) is 7.27. The summed E-state index contributed by atoms with van der Waals surface area (Å²) >= 11 is 0. The van der Waals surface area contributed by atoms with Crippen LogP contribution in [0.15, 0.2) is 35.3 Å². The number of amidine groups is 1. The van der Waals surface area contributed by atoms with E-state index >= 15 is 0 Å². The highest BCUT2D eigenvalue weighted by molar-refractivity contribution is 6.35. The summed E-state index contributed by atoms with van der Waals surface area (Å²) in [5, 5.41) is 0. The predicted molar refractivity (Wildman–Crippen MR) is 57.5 cm³/mol. The Morgan fingerprint density at radius 3 is 2.67 bits per heavy atom. The van der Waals surface area contributed by atoms with Crippen molar-refractivity contribution in [3.63, 3.8) is 0 Å². The van der Waals surface area contributed by atoms with Crippen LogP contribution in [0.5, 0.6) is 0 Å². The van der Waals surface area contributed by atoms with Gasteiger partial charge in [-0.3, -0.25) is 0 Å². The Kier molecular flexibility index (Phi) is 4.30. The molecule has 0 bridgehead atoms. The lowest BCUT2D eigenvalue weighted by molar-refractivity contribution is -0.135. The van der Waals surface area contributed by atoms with Crippen molar-refractivity contribution in [1.29, 1.82) is 0 Å². The van der Waals surface area contributed by atoms with Crippen molar-refractivity contribution in [3.05, 3.63) is 30.3 Å². The summed E-state index contributed by atoms with van der Waals surface area (Å²) in [6.07, 6.45) is 0. The maximum absolute atomic E-state index is 11.3. The summed E-state index contributed by atoms with van der Waals surface area (Å²) in [4.78, 5) is 15.3. The molecular weight excluding hydrogens is 194 g/mol. The number of nitrogens with one attached hydrogen (secondary N) is 1. The Balaban J connectivity index is 2.83. The largest absolute Gasteiger partial charge is 0.460 e. The summed E-state index contributed by atoms with van der Waals surface area (Å²) in [6.45, 7) is 2.00. The molecule has 3 N–H and O–H groups in total. The van der Waals surface area contributed by atoms with Crippen LogP contribution in [0.3, 0.4) is 0 Å². The second-order valence-electron chi connectivity index (χ2n) is 2.66. The molecule has 5 heteroatoms. The number of nitrogens with zero attached hydrogens (tertiary/aromatic N) is 1. The number of para-hydroxylation sites is 1. The molecule has 0 spiro atoms. The molecule has 0 fully saturated rings. The molecule has 5 nitrogen and oxygen atoms in total. The van der Waals surface area contributed by atoms with Gasteiger partial charge in [-0.2, -0.15) is 0 Å². The van der Waals surface area contributed by atoms with Crippen LogP contribution in [0.4, 0.5) is 5.69 Å². The number of hydrazine groups is 1. The van der Waals surface area contributed by atoms with Gasteiger partial charge in [-0.25, -0.2) is 15.6 Å². The number of aliphatic imine (C=N–C) groups is 1. The van der Waals surface area contributed by atoms with Gasteiger partial charge < -0.3 is 10.2 Å². The maximum Gasteiger partial charge on any atom is 0.375 e. The maximum atomic E-state index is 11.3. The van der Waals surface area contributed by atoms with Gasteiger partial charge in [-0.1, -0.05) is 18.2 Å². The van der Waals surface area contributed by atoms with Gasteiger partial charge in [0.2, 0.25) is 5.84 Å². The number of hydrogen-bond donors (Lipinski definition) is 2. The van der Waals surface area contributed by atoms with Crippen LogP contribution in [0.2, 0.25) is 0 Å². The topological polar surface area (TPSA) is 76.7 Å². The number of rotatable bonds is 2. The minimum Gasteiger partial charge on any atom is -0.460 e. The number of nitrogens with two attached hydrogens (primary N) is 1. The third-order valence-corrected chi connectivity index (χ3v) is 1.60. The molecule has 1 aromatic carbocycles. The SMILES string of the molecule is CCOC(=O)C(=Nc1ccccc1)NN. The second-order valence-corrected chi connectivity index (χ2v) is 2.66. The van der Waals surface area contributed by atoms with E-state index in [1.54, 1.807) is 19.1 Å². The molecule has 0 aromatic heterocycles. The standard InChI is InChI=1S/C10H13N3O2/c1-2-15-10(14)9(13-11)12-8-6-4-3-5-7-8/h3-7H,2,11H2,1H3,(H,12,13). The monoisotopic (exact) mass is 207 g/mol. The quantitative estimate of drug-likeness (QED) is 0.246. The highest BCUT2D eigenvalue weighted by atomic mass is 16.5. The lowest BCUT2D eigenvalue weighted by atomic mass is 10.3. The summed E-state index contributed by atoms with van der Waals surface area (Å²) in [7, 11) is 0. The van der Waals surface area contributed by atoms with E-state index in [0.717, 1.165) is 0 Å². The number of ether oxygens (including phenoxy) is 1. The Bertz CT molecular complexity index is 349. The summed E-state index contributed by atoms with van der Waals surface area (Å²) in [6, 6.07) is 9.02. The first kappa shape index (κ1) is 11.2.